The minimum absolute atomic E-state index is 0.0634. The minimum atomic E-state index is -3.52. The van der Waals surface area contributed by atoms with Crippen LogP contribution in [-0.4, -0.2) is 38.3 Å². The Morgan fingerprint density at radius 1 is 1.22 bits per heavy atom. The highest BCUT2D eigenvalue weighted by atomic mass is 35.5. The first-order valence-electron chi connectivity index (χ1n) is 9.91. The van der Waals surface area contributed by atoms with Crippen LogP contribution in [0, 0.1) is 11.8 Å². The molecule has 0 aliphatic carbocycles. The molecule has 0 saturated carbocycles. The maximum absolute atomic E-state index is 12.7. The molecule has 1 N–H and O–H groups in total. The van der Waals surface area contributed by atoms with Crippen molar-refractivity contribution in [1.82, 2.24) is 9.62 Å². The van der Waals surface area contributed by atoms with Crippen molar-refractivity contribution in [1.29, 1.82) is 0 Å². The van der Waals surface area contributed by atoms with Gasteiger partial charge in [-0.3, -0.25) is 4.79 Å². The van der Waals surface area contributed by atoms with Gasteiger partial charge < -0.3 is 5.32 Å². The summed E-state index contributed by atoms with van der Waals surface area (Å²) < 4.78 is 26.9. The normalized spacial score (nSPS) is 17.6. The third-order valence-corrected chi connectivity index (χ3v) is 7.55. The standard InChI is InChI=1S/C20H31ClN2O3S/c1-3-5-6-16(4-2)15-22-20(24)17-11-13-23(14-12-17)27(25,26)19-9-7-18(21)8-10-19/h7-10,16-17H,3-6,11-15H2,1-2H3,(H,22,24)/t16-/m1/s1. The third-order valence-electron chi connectivity index (χ3n) is 5.38. The Kier molecular flexibility index (Phi) is 8.58. The van der Waals surface area contributed by atoms with E-state index in [4.69, 9.17) is 11.6 Å². The van der Waals surface area contributed by atoms with E-state index in [1.807, 2.05) is 0 Å². The van der Waals surface area contributed by atoms with E-state index < -0.39 is 10.0 Å². The van der Waals surface area contributed by atoms with Crippen molar-refractivity contribution < 1.29 is 13.2 Å². The summed E-state index contributed by atoms with van der Waals surface area (Å²) in [6, 6.07) is 6.21. The van der Waals surface area contributed by atoms with E-state index in [1.54, 1.807) is 12.1 Å². The highest BCUT2D eigenvalue weighted by molar-refractivity contribution is 7.89. The number of amides is 1. The predicted molar refractivity (Wildman–Crippen MR) is 109 cm³/mol. The number of benzene rings is 1. The van der Waals surface area contributed by atoms with Crippen LogP contribution in [0.3, 0.4) is 0 Å². The zero-order chi connectivity index (χ0) is 19.9. The Balaban J connectivity index is 1.85. The molecule has 0 radical (unpaired) electrons. The summed E-state index contributed by atoms with van der Waals surface area (Å²) in [4.78, 5) is 12.7. The van der Waals surface area contributed by atoms with Crippen molar-refractivity contribution in [3.8, 4) is 0 Å². The lowest BCUT2D eigenvalue weighted by molar-refractivity contribution is -0.126. The van der Waals surface area contributed by atoms with Crippen LogP contribution in [0.4, 0.5) is 0 Å². The topological polar surface area (TPSA) is 66.5 Å². The lowest BCUT2D eigenvalue weighted by atomic mass is 9.95. The van der Waals surface area contributed by atoms with E-state index in [-0.39, 0.29) is 16.7 Å². The van der Waals surface area contributed by atoms with Crippen molar-refractivity contribution in [2.24, 2.45) is 11.8 Å². The molecule has 0 aromatic heterocycles. The number of nitrogens with zero attached hydrogens (tertiary/aromatic N) is 1. The fraction of sp³-hybridized carbons (Fsp3) is 0.650. The molecule has 1 heterocycles. The van der Waals surface area contributed by atoms with Gasteiger partial charge >= 0.3 is 0 Å². The van der Waals surface area contributed by atoms with E-state index in [2.05, 4.69) is 19.2 Å². The van der Waals surface area contributed by atoms with Crippen molar-refractivity contribution in [2.45, 2.75) is 57.3 Å². The van der Waals surface area contributed by atoms with Crippen LogP contribution in [0.15, 0.2) is 29.2 Å². The van der Waals surface area contributed by atoms with Crippen molar-refractivity contribution in [2.75, 3.05) is 19.6 Å². The number of nitrogens with one attached hydrogen (secondary N) is 1. The predicted octanol–water partition coefficient (Wildman–Crippen LogP) is 4.07. The van der Waals surface area contributed by atoms with Crippen LogP contribution < -0.4 is 5.32 Å². The summed E-state index contributed by atoms with van der Waals surface area (Å²) in [6.45, 7) is 5.80. The molecule has 0 spiro atoms. The Labute approximate surface area is 168 Å². The van der Waals surface area contributed by atoms with Gasteiger partial charge in [-0.25, -0.2) is 8.42 Å². The van der Waals surface area contributed by atoms with Crippen LogP contribution in [-0.2, 0) is 14.8 Å². The fourth-order valence-corrected chi connectivity index (χ4v) is 5.04. The molecule has 1 aliphatic rings. The number of rotatable bonds is 9. The molecular weight excluding hydrogens is 384 g/mol. The lowest BCUT2D eigenvalue weighted by Gasteiger charge is -2.31. The molecule has 0 unspecified atom stereocenters. The number of halogens is 1. The van der Waals surface area contributed by atoms with Gasteiger partial charge in [0.25, 0.3) is 0 Å². The van der Waals surface area contributed by atoms with Crippen LogP contribution in [0.1, 0.15) is 52.4 Å². The summed E-state index contributed by atoms with van der Waals surface area (Å²) in [5.41, 5.74) is 0. The van der Waals surface area contributed by atoms with Gasteiger partial charge in [0.2, 0.25) is 15.9 Å². The summed E-state index contributed by atoms with van der Waals surface area (Å²) in [7, 11) is -3.52. The summed E-state index contributed by atoms with van der Waals surface area (Å²) in [6.07, 6.45) is 5.69. The number of sulfonamides is 1. The molecule has 1 aromatic carbocycles. The Morgan fingerprint density at radius 3 is 2.41 bits per heavy atom. The van der Waals surface area contributed by atoms with Crippen LogP contribution in [0.5, 0.6) is 0 Å². The SMILES string of the molecule is CCCC[C@@H](CC)CNC(=O)C1CCN(S(=O)(=O)c2ccc(Cl)cc2)CC1. The molecule has 5 nitrogen and oxygen atoms in total. The Hall–Kier alpha value is -1.11. The zero-order valence-electron chi connectivity index (χ0n) is 16.3. The smallest absolute Gasteiger partial charge is 0.243 e. The molecule has 7 heteroatoms. The maximum Gasteiger partial charge on any atom is 0.243 e. The average Bonchev–Trinajstić information content (AvgIpc) is 2.68. The number of carbonyl (C=O) groups excluding carboxylic acids is 1. The molecular formula is C20H31ClN2O3S. The van der Waals surface area contributed by atoms with Gasteiger partial charge in [0.15, 0.2) is 0 Å². The second-order valence-corrected chi connectivity index (χ2v) is 9.67. The number of hydrogen-bond donors (Lipinski definition) is 1. The van der Waals surface area contributed by atoms with Gasteiger partial charge in [-0.15, -0.1) is 0 Å². The van der Waals surface area contributed by atoms with Crippen molar-refractivity contribution >= 4 is 27.5 Å². The molecule has 1 fully saturated rings. The number of hydrogen-bond acceptors (Lipinski definition) is 3. The molecule has 2 rings (SSSR count). The molecule has 1 atom stereocenters. The third kappa shape index (κ3) is 6.19. The highest BCUT2D eigenvalue weighted by Gasteiger charge is 2.32. The maximum atomic E-state index is 12.7. The molecule has 1 amide bonds. The first-order chi connectivity index (χ1) is 12.9. The fourth-order valence-electron chi connectivity index (χ4n) is 3.45. The van der Waals surface area contributed by atoms with E-state index in [9.17, 15) is 13.2 Å². The molecule has 1 saturated heterocycles. The Morgan fingerprint density at radius 2 is 1.85 bits per heavy atom. The van der Waals surface area contributed by atoms with E-state index in [0.717, 1.165) is 19.4 Å². The zero-order valence-corrected chi connectivity index (χ0v) is 17.9. The highest BCUT2D eigenvalue weighted by Crippen LogP contribution is 2.25. The van der Waals surface area contributed by atoms with E-state index in [0.29, 0.717) is 36.9 Å². The monoisotopic (exact) mass is 414 g/mol. The van der Waals surface area contributed by atoms with Gasteiger partial charge in [0.1, 0.15) is 0 Å². The average molecular weight is 415 g/mol. The number of unbranched alkanes of at least 4 members (excludes halogenated alkanes) is 1. The van der Waals surface area contributed by atoms with Gasteiger partial charge in [0, 0.05) is 30.6 Å². The second kappa shape index (κ2) is 10.4. The van der Waals surface area contributed by atoms with Gasteiger partial charge in [-0.2, -0.15) is 4.31 Å². The van der Waals surface area contributed by atoms with Crippen LogP contribution in [0.25, 0.3) is 0 Å². The lowest BCUT2D eigenvalue weighted by Crippen LogP contribution is -2.43. The minimum Gasteiger partial charge on any atom is -0.356 e. The van der Waals surface area contributed by atoms with Gasteiger partial charge in [-0.05, 0) is 49.4 Å². The molecule has 0 bridgehead atoms. The summed E-state index contributed by atoms with van der Waals surface area (Å²) in [5.74, 6) is 0.484. The second-order valence-electron chi connectivity index (χ2n) is 7.29. The largest absolute Gasteiger partial charge is 0.356 e. The van der Waals surface area contributed by atoms with Crippen molar-refractivity contribution in [3.05, 3.63) is 29.3 Å². The molecule has 152 valence electrons. The molecule has 1 aliphatic heterocycles. The van der Waals surface area contributed by atoms with Gasteiger partial charge in [-0.1, -0.05) is 44.7 Å². The molecule has 27 heavy (non-hydrogen) atoms. The summed E-state index contributed by atoms with van der Waals surface area (Å²) >= 11 is 5.84. The van der Waals surface area contributed by atoms with E-state index >= 15 is 0 Å². The number of piperidine rings is 1. The van der Waals surface area contributed by atoms with Gasteiger partial charge in [0.05, 0.1) is 4.90 Å². The number of carbonyl (C=O) groups is 1. The Bertz CT molecular complexity index is 698. The first kappa shape index (κ1) is 22.2. The summed E-state index contributed by atoms with van der Waals surface area (Å²) in [5, 5.41) is 3.59. The molecule has 1 aromatic rings. The van der Waals surface area contributed by atoms with E-state index in [1.165, 1.54) is 29.3 Å². The van der Waals surface area contributed by atoms with Crippen molar-refractivity contribution in [3.63, 3.8) is 0 Å². The van der Waals surface area contributed by atoms with Crippen LogP contribution >= 0.6 is 11.6 Å². The first-order valence-corrected chi connectivity index (χ1v) is 11.7. The van der Waals surface area contributed by atoms with Crippen LogP contribution in [0.2, 0.25) is 5.02 Å². The quantitative estimate of drug-likeness (QED) is 0.662.